The van der Waals surface area contributed by atoms with Crippen molar-refractivity contribution in [2.24, 2.45) is 5.92 Å². The first-order valence-electron chi connectivity index (χ1n) is 5.19. The van der Waals surface area contributed by atoms with E-state index in [1.165, 1.54) is 0 Å². The van der Waals surface area contributed by atoms with E-state index < -0.39 is 11.6 Å². The van der Waals surface area contributed by atoms with E-state index in [2.05, 4.69) is 5.32 Å². The average molecular weight is 201 g/mol. The maximum absolute atomic E-state index is 10.5. The van der Waals surface area contributed by atoms with Crippen LogP contribution in [0.1, 0.15) is 32.6 Å². The predicted molar refractivity (Wildman–Crippen MR) is 53.1 cm³/mol. The Morgan fingerprint density at radius 3 is 2.57 bits per heavy atom. The minimum Gasteiger partial charge on any atom is -0.481 e. The van der Waals surface area contributed by atoms with Gasteiger partial charge in [-0.25, -0.2) is 0 Å². The molecule has 0 spiro atoms. The van der Waals surface area contributed by atoms with Gasteiger partial charge in [0.25, 0.3) is 0 Å². The standard InChI is InChI=1S/C10H19NO3/c1-8(9(12)13)6-11-7-10(14)4-2-3-5-10/h8,11,14H,2-7H2,1H3,(H,12,13). The van der Waals surface area contributed by atoms with E-state index in [0.29, 0.717) is 13.1 Å². The summed E-state index contributed by atoms with van der Waals surface area (Å²) in [5.41, 5.74) is -0.585. The second-order valence-electron chi connectivity index (χ2n) is 4.30. The Hall–Kier alpha value is -0.610. The molecular formula is C10H19NO3. The molecule has 1 fully saturated rings. The van der Waals surface area contributed by atoms with Crippen LogP contribution in [0, 0.1) is 5.92 Å². The molecular weight excluding hydrogens is 182 g/mol. The second kappa shape index (κ2) is 4.75. The molecule has 0 bridgehead atoms. The SMILES string of the molecule is CC(CNCC1(O)CCCC1)C(=O)O. The van der Waals surface area contributed by atoms with Crippen molar-refractivity contribution in [3.05, 3.63) is 0 Å². The van der Waals surface area contributed by atoms with Gasteiger partial charge in [0.2, 0.25) is 0 Å². The van der Waals surface area contributed by atoms with Crippen LogP contribution < -0.4 is 5.32 Å². The Morgan fingerprint density at radius 1 is 1.50 bits per heavy atom. The highest BCUT2D eigenvalue weighted by molar-refractivity contribution is 5.69. The minimum atomic E-state index is -0.795. The molecule has 4 nitrogen and oxygen atoms in total. The molecule has 82 valence electrons. The van der Waals surface area contributed by atoms with Crippen molar-refractivity contribution in [3.63, 3.8) is 0 Å². The molecule has 1 aliphatic rings. The topological polar surface area (TPSA) is 69.6 Å². The summed E-state index contributed by atoms with van der Waals surface area (Å²) in [4.78, 5) is 10.5. The van der Waals surface area contributed by atoms with Gasteiger partial charge in [0.1, 0.15) is 0 Å². The van der Waals surface area contributed by atoms with Crippen LogP contribution in [-0.2, 0) is 4.79 Å². The minimum absolute atomic E-state index is 0.389. The first kappa shape index (κ1) is 11.5. The quantitative estimate of drug-likeness (QED) is 0.609. The van der Waals surface area contributed by atoms with Crippen LogP contribution >= 0.6 is 0 Å². The van der Waals surface area contributed by atoms with Crippen LogP contribution in [0.4, 0.5) is 0 Å². The lowest BCUT2D eigenvalue weighted by molar-refractivity contribution is -0.141. The Bertz CT molecular complexity index is 200. The van der Waals surface area contributed by atoms with Gasteiger partial charge < -0.3 is 15.5 Å². The van der Waals surface area contributed by atoms with Gasteiger partial charge in [0.05, 0.1) is 11.5 Å². The lowest BCUT2D eigenvalue weighted by atomic mass is 10.0. The fourth-order valence-corrected chi connectivity index (χ4v) is 1.82. The number of rotatable bonds is 5. The molecule has 0 amide bonds. The van der Waals surface area contributed by atoms with Gasteiger partial charge >= 0.3 is 5.97 Å². The molecule has 0 aromatic heterocycles. The van der Waals surface area contributed by atoms with Gasteiger partial charge in [0.15, 0.2) is 0 Å². The highest BCUT2D eigenvalue weighted by Gasteiger charge is 2.30. The molecule has 0 aromatic carbocycles. The van der Waals surface area contributed by atoms with E-state index in [0.717, 1.165) is 25.7 Å². The first-order chi connectivity index (χ1) is 6.53. The maximum Gasteiger partial charge on any atom is 0.307 e. The molecule has 0 aromatic rings. The predicted octanol–water partition coefficient (Wildman–Crippen LogP) is 0.602. The van der Waals surface area contributed by atoms with Crippen LogP contribution in [0.25, 0.3) is 0 Å². The normalized spacial score (nSPS) is 22.1. The Balaban J connectivity index is 2.17. The number of aliphatic carboxylic acids is 1. The Labute approximate surface area is 84.3 Å². The molecule has 4 heteroatoms. The zero-order valence-corrected chi connectivity index (χ0v) is 8.62. The number of carbonyl (C=O) groups is 1. The van der Waals surface area contributed by atoms with Gasteiger partial charge in [0, 0.05) is 13.1 Å². The van der Waals surface area contributed by atoms with E-state index in [-0.39, 0.29) is 5.92 Å². The average Bonchev–Trinajstić information content (AvgIpc) is 2.52. The summed E-state index contributed by atoms with van der Waals surface area (Å²) in [7, 11) is 0. The van der Waals surface area contributed by atoms with E-state index >= 15 is 0 Å². The molecule has 3 N–H and O–H groups in total. The summed E-state index contributed by atoms with van der Waals surface area (Å²) in [5, 5.41) is 21.6. The lowest BCUT2D eigenvalue weighted by Gasteiger charge is -2.23. The van der Waals surface area contributed by atoms with Crippen molar-refractivity contribution < 1.29 is 15.0 Å². The van der Waals surface area contributed by atoms with E-state index in [1.54, 1.807) is 6.92 Å². The fourth-order valence-electron chi connectivity index (χ4n) is 1.82. The van der Waals surface area contributed by atoms with Gasteiger partial charge in [-0.05, 0) is 12.8 Å². The third-order valence-electron chi connectivity index (χ3n) is 2.86. The number of hydrogen-bond donors (Lipinski definition) is 3. The van der Waals surface area contributed by atoms with Crippen molar-refractivity contribution in [2.45, 2.75) is 38.2 Å². The number of carboxylic acid groups (broad SMARTS) is 1. The summed E-state index contributed by atoms with van der Waals surface area (Å²) in [5.74, 6) is -1.18. The zero-order chi connectivity index (χ0) is 10.6. The Kier molecular flexibility index (Phi) is 3.89. The molecule has 0 aliphatic heterocycles. The third kappa shape index (κ3) is 3.27. The van der Waals surface area contributed by atoms with E-state index in [9.17, 15) is 9.90 Å². The summed E-state index contributed by atoms with van der Waals surface area (Å²) in [6.07, 6.45) is 3.82. The van der Waals surface area contributed by atoms with Crippen LogP contribution in [0.3, 0.4) is 0 Å². The molecule has 1 aliphatic carbocycles. The van der Waals surface area contributed by atoms with Gasteiger partial charge in [-0.1, -0.05) is 19.8 Å². The van der Waals surface area contributed by atoms with Crippen molar-refractivity contribution in [1.29, 1.82) is 0 Å². The fraction of sp³-hybridized carbons (Fsp3) is 0.900. The van der Waals surface area contributed by atoms with Gasteiger partial charge in [-0.15, -0.1) is 0 Å². The molecule has 1 atom stereocenters. The van der Waals surface area contributed by atoms with E-state index in [4.69, 9.17) is 5.11 Å². The van der Waals surface area contributed by atoms with E-state index in [1.807, 2.05) is 0 Å². The highest BCUT2D eigenvalue weighted by Crippen LogP contribution is 2.28. The van der Waals surface area contributed by atoms with Crippen molar-refractivity contribution >= 4 is 5.97 Å². The number of carboxylic acids is 1. The zero-order valence-electron chi connectivity index (χ0n) is 8.62. The number of nitrogens with one attached hydrogen (secondary N) is 1. The molecule has 1 saturated carbocycles. The van der Waals surface area contributed by atoms with Crippen LogP contribution in [0.5, 0.6) is 0 Å². The Morgan fingerprint density at radius 2 is 2.07 bits per heavy atom. The summed E-state index contributed by atoms with van der Waals surface area (Å²) in [6, 6.07) is 0. The molecule has 1 rings (SSSR count). The summed E-state index contributed by atoms with van der Waals surface area (Å²) in [6.45, 7) is 2.61. The number of aliphatic hydroxyl groups is 1. The molecule has 14 heavy (non-hydrogen) atoms. The van der Waals surface area contributed by atoms with Crippen LogP contribution in [0.2, 0.25) is 0 Å². The molecule has 1 unspecified atom stereocenters. The highest BCUT2D eigenvalue weighted by atomic mass is 16.4. The smallest absolute Gasteiger partial charge is 0.307 e. The van der Waals surface area contributed by atoms with Crippen molar-refractivity contribution in [1.82, 2.24) is 5.32 Å². The van der Waals surface area contributed by atoms with Crippen molar-refractivity contribution in [3.8, 4) is 0 Å². The second-order valence-corrected chi connectivity index (χ2v) is 4.30. The lowest BCUT2D eigenvalue weighted by Crippen LogP contribution is -2.40. The molecule has 0 radical (unpaired) electrons. The van der Waals surface area contributed by atoms with Crippen molar-refractivity contribution in [2.75, 3.05) is 13.1 Å². The summed E-state index contributed by atoms with van der Waals surface area (Å²) >= 11 is 0. The monoisotopic (exact) mass is 201 g/mol. The number of hydrogen-bond acceptors (Lipinski definition) is 3. The van der Waals surface area contributed by atoms with Crippen LogP contribution in [-0.4, -0.2) is 34.9 Å². The molecule has 0 heterocycles. The maximum atomic E-state index is 10.5. The largest absolute Gasteiger partial charge is 0.481 e. The first-order valence-corrected chi connectivity index (χ1v) is 5.19. The summed E-state index contributed by atoms with van der Waals surface area (Å²) < 4.78 is 0. The van der Waals surface area contributed by atoms with Gasteiger partial charge in [-0.3, -0.25) is 4.79 Å². The third-order valence-corrected chi connectivity index (χ3v) is 2.86. The molecule has 0 saturated heterocycles. The van der Waals surface area contributed by atoms with Crippen LogP contribution in [0.15, 0.2) is 0 Å². The van der Waals surface area contributed by atoms with Gasteiger partial charge in [-0.2, -0.15) is 0 Å².